The quantitative estimate of drug-likeness (QED) is 0.533. The zero-order valence-corrected chi connectivity index (χ0v) is 13.1. The van der Waals surface area contributed by atoms with Crippen molar-refractivity contribution in [3.05, 3.63) is 59.9 Å². The van der Waals surface area contributed by atoms with Crippen LogP contribution in [-0.4, -0.2) is 47.8 Å². The van der Waals surface area contributed by atoms with Crippen molar-refractivity contribution in [2.75, 3.05) is 5.75 Å². The molecule has 3 rings (SSSR count). The third kappa shape index (κ3) is 3.46. The van der Waals surface area contributed by atoms with E-state index in [0.29, 0.717) is 16.4 Å². The number of hydrogen-bond donors (Lipinski definition) is 1. The van der Waals surface area contributed by atoms with Crippen LogP contribution in [-0.2, 0) is 0 Å². The Bertz CT molecular complexity index is 864. The number of rotatable bonds is 6. The van der Waals surface area contributed by atoms with Crippen molar-refractivity contribution in [2.24, 2.45) is 0 Å². The fourth-order valence-corrected chi connectivity index (χ4v) is 2.71. The van der Waals surface area contributed by atoms with Crippen molar-refractivity contribution >= 4 is 23.5 Å². The zero-order chi connectivity index (χ0) is 16.9. The maximum atomic E-state index is 12.1. The molecular formula is C15H11N5O3S. The molecule has 0 spiro atoms. The van der Waals surface area contributed by atoms with E-state index in [9.17, 15) is 9.59 Å². The Balaban J connectivity index is 1.73. The van der Waals surface area contributed by atoms with Crippen molar-refractivity contribution in [1.82, 2.24) is 25.2 Å². The molecule has 3 aromatic rings. The van der Waals surface area contributed by atoms with Gasteiger partial charge in [0.05, 0.1) is 17.0 Å². The average Bonchev–Trinajstić information content (AvgIpc) is 3.09. The molecule has 1 aromatic carbocycles. The molecule has 0 atom stereocenters. The molecule has 0 fully saturated rings. The molecule has 0 radical (unpaired) electrons. The standard InChI is InChI=1S/C15H11N5O3S/c21-13(10-5-7-16-8-6-10)9-24-15-17-18-19-20(15)12-3-1-11(2-4-12)14(22)23/h1-8H,9H2,(H,22,23). The molecule has 0 aliphatic rings. The topological polar surface area (TPSA) is 111 Å². The number of aromatic carboxylic acids is 1. The van der Waals surface area contributed by atoms with E-state index in [-0.39, 0.29) is 17.1 Å². The second-order valence-electron chi connectivity index (χ2n) is 4.67. The van der Waals surface area contributed by atoms with Gasteiger partial charge in [0, 0.05) is 18.0 Å². The molecule has 0 aliphatic heterocycles. The van der Waals surface area contributed by atoms with Gasteiger partial charge in [-0.2, -0.15) is 4.68 Å². The first-order valence-electron chi connectivity index (χ1n) is 6.83. The Labute approximate surface area is 140 Å². The van der Waals surface area contributed by atoms with Crippen LogP contribution in [0.2, 0.25) is 0 Å². The van der Waals surface area contributed by atoms with Crippen LogP contribution in [0.1, 0.15) is 20.7 Å². The lowest BCUT2D eigenvalue weighted by Crippen LogP contribution is -2.05. The zero-order valence-electron chi connectivity index (χ0n) is 12.2. The highest BCUT2D eigenvalue weighted by Gasteiger charge is 2.13. The molecule has 0 saturated heterocycles. The van der Waals surface area contributed by atoms with Crippen molar-refractivity contribution in [3.8, 4) is 5.69 Å². The number of benzene rings is 1. The average molecular weight is 341 g/mol. The second-order valence-corrected chi connectivity index (χ2v) is 5.62. The number of carbonyl (C=O) groups is 2. The number of Topliss-reactive ketones (excluding diaryl/α,β-unsaturated/α-hetero) is 1. The van der Waals surface area contributed by atoms with E-state index in [4.69, 9.17) is 5.11 Å². The van der Waals surface area contributed by atoms with Crippen LogP contribution in [0.4, 0.5) is 0 Å². The molecule has 0 unspecified atom stereocenters. The smallest absolute Gasteiger partial charge is 0.335 e. The Morgan fingerprint density at radius 2 is 1.75 bits per heavy atom. The lowest BCUT2D eigenvalue weighted by molar-refractivity contribution is 0.0696. The van der Waals surface area contributed by atoms with E-state index in [2.05, 4.69) is 20.5 Å². The predicted molar refractivity (Wildman–Crippen MR) is 85.4 cm³/mol. The number of aromatic nitrogens is 5. The molecule has 2 heterocycles. The van der Waals surface area contributed by atoms with Gasteiger partial charge >= 0.3 is 5.97 Å². The van der Waals surface area contributed by atoms with Gasteiger partial charge in [0.15, 0.2) is 5.78 Å². The number of nitrogens with zero attached hydrogens (tertiary/aromatic N) is 5. The molecule has 8 nitrogen and oxygen atoms in total. The molecule has 9 heteroatoms. The lowest BCUT2D eigenvalue weighted by atomic mass is 10.2. The predicted octanol–water partition coefficient (Wildman–Crippen LogP) is 1.73. The molecule has 0 aliphatic carbocycles. The summed E-state index contributed by atoms with van der Waals surface area (Å²) in [5.41, 5.74) is 1.36. The van der Waals surface area contributed by atoms with E-state index >= 15 is 0 Å². The number of thioether (sulfide) groups is 1. The van der Waals surface area contributed by atoms with Crippen molar-refractivity contribution < 1.29 is 14.7 Å². The number of carboxylic acid groups (broad SMARTS) is 1. The maximum absolute atomic E-state index is 12.1. The SMILES string of the molecule is O=C(O)c1ccc(-n2nnnc2SCC(=O)c2ccncc2)cc1. The normalized spacial score (nSPS) is 10.5. The Kier molecular flexibility index (Phi) is 4.62. The van der Waals surface area contributed by atoms with Gasteiger partial charge in [0.1, 0.15) is 0 Å². The highest BCUT2D eigenvalue weighted by Crippen LogP contribution is 2.19. The van der Waals surface area contributed by atoms with Gasteiger partial charge in [-0.3, -0.25) is 9.78 Å². The van der Waals surface area contributed by atoms with Crippen molar-refractivity contribution in [1.29, 1.82) is 0 Å². The summed E-state index contributed by atoms with van der Waals surface area (Å²) in [6, 6.07) is 9.45. The summed E-state index contributed by atoms with van der Waals surface area (Å²) in [7, 11) is 0. The van der Waals surface area contributed by atoms with Gasteiger partial charge in [-0.15, -0.1) is 5.10 Å². The first-order chi connectivity index (χ1) is 11.6. The molecule has 0 saturated carbocycles. The number of carbonyl (C=O) groups excluding carboxylic acids is 1. The summed E-state index contributed by atoms with van der Waals surface area (Å²) < 4.78 is 1.45. The van der Waals surface area contributed by atoms with Gasteiger partial charge in [-0.25, -0.2) is 4.79 Å². The van der Waals surface area contributed by atoms with Crippen LogP contribution in [0.5, 0.6) is 0 Å². The minimum absolute atomic E-state index is 0.0572. The molecule has 0 bridgehead atoms. The van der Waals surface area contributed by atoms with E-state index < -0.39 is 5.97 Å². The van der Waals surface area contributed by atoms with Crippen molar-refractivity contribution in [2.45, 2.75) is 5.16 Å². The fraction of sp³-hybridized carbons (Fsp3) is 0.0667. The summed E-state index contributed by atoms with van der Waals surface area (Å²) in [6.07, 6.45) is 3.12. The van der Waals surface area contributed by atoms with Gasteiger partial charge in [0.25, 0.3) is 0 Å². The minimum atomic E-state index is -1.00. The lowest BCUT2D eigenvalue weighted by Gasteiger charge is -2.04. The number of pyridine rings is 1. The highest BCUT2D eigenvalue weighted by molar-refractivity contribution is 7.99. The van der Waals surface area contributed by atoms with Crippen LogP contribution in [0.25, 0.3) is 5.69 Å². The third-order valence-electron chi connectivity index (χ3n) is 3.13. The Morgan fingerprint density at radius 1 is 1.04 bits per heavy atom. The van der Waals surface area contributed by atoms with Gasteiger partial charge in [-0.1, -0.05) is 11.8 Å². The van der Waals surface area contributed by atoms with Gasteiger partial charge in [0.2, 0.25) is 5.16 Å². The first-order valence-corrected chi connectivity index (χ1v) is 7.82. The molecule has 1 N–H and O–H groups in total. The second kappa shape index (κ2) is 7.01. The summed E-state index contributed by atoms with van der Waals surface area (Å²) in [6.45, 7) is 0. The summed E-state index contributed by atoms with van der Waals surface area (Å²) in [5, 5.41) is 20.8. The largest absolute Gasteiger partial charge is 0.478 e. The van der Waals surface area contributed by atoms with Crippen LogP contribution < -0.4 is 0 Å². The number of tetrazole rings is 1. The monoisotopic (exact) mass is 341 g/mol. The first kappa shape index (κ1) is 15.8. The van der Waals surface area contributed by atoms with E-state index in [0.717, 1.165) is 0 Å². The van der Waals surface area contributed by atoms with Crippen LogP contribution in [0.15, 0.2) is 53.9 Å². The summed E-state index contributed by atoms with van der Waals surface area (Å²) in [4.78, 5) is 26.9. The molecular weight excluding hydrogens is 330 g/mol. The minimum Gasteiger partial charge on any atom is -0.478 e. The van der Waals surface area contributed by atoms with Crippen LogP contribution in [0.3, 0.4) is 0 Å². The van der Waals surface area contributed by atoms with Crippen LogP contribution >= 0.6 is 11.8 Å². The maximum Gasteiger partial charge on any atom is 0.335 e. The summed E-state index contributed by atoms with van der Waals surface area (Å²) in [5.74, 6) is -0.883. The molecule has 120 valence electrons. The highest BCUT2D eigenvalue weighted by atomic mass is 32.2. The van der Waals surface area contributed by atoms with E-state index in [1.807, 2.05) is 0 Å². The Morgan fingerprint density at radius 3 is 2.42 bits per heavy atom. The molecule has 0 amide bonds. The van der Waals surface area contributed by atoms with Crippen molar-refractivity contribution in [3.63, 3.8) is 0 Å². The summed E-state index contributed by atoms with van der Waals surface area (Å²) >= 11 is 1.20. The third-order valence-corrected chi connectivity index (χ3v) is 4.05. The van der Waals surface area contributed by atoms with Crippen LogP contribution in [0, 0.1) is 0 Å². The van der Waals surface area contributed by atoms with E-state index in [1.165, 1.54) is 28.6 Å². The number of carboxylic acids is 1. The molecule has 2 aromatic heterocycles. The molecule has 24 heavy (non-hydrogen) atoms. The van der Waals surface area contributed by atoms with Gasteiger partial charge < -0.3 is 5.11 Å². The van der Waals surface area contributed by atoms with Gasteiger partial charge in [-0.05, 0) is 46.8 Å². The van der Waals surface area contributed by atoms with E-state index in [1.54, 1.807) is 36.7 Å². The number of hydrogen-bond acceptors (Lipinski definition) is 7. The fourth-order valence-electron chi connectivity index (χ4n) is 1.93. The Hall–Kier alpha value is -3.07. The number of ketones is 1.